The Kier molecular flexibility index (Phi) is 3.42. The molecular weight excluding hydrogens is 196 g/mol. The molecule has 16 heavy (non-hydrogen) atoms. The third-order valence-corrected chi connectivity index (χ3v) is 2.95. The van der Waals surface area contributed by atoms with Gasteiger partial charge in [-0.1, -0.05) is 30.3 Å². The van der Waals surface area contributed by atoms with Crippen molar-refractivity contribution in [3.8, 4) is 0 Å². The summed E-state index contributed by atoms with van der Waals surface area (Å²) in [6.45, 7) is 3.96. The maximum atomic E-state index is 3.45. The van der Waals surface area contributed by atoms with Crippen LogP contribution in [0.15, 0.2) is 42.5 Å². The van der Waals surface area contributed by atoms with Gasteiger partial charge in [0, 0.05) is 31.5 Å². The topological polar surface area (TPSA) is 17.0 Å². The first-order chi connectivity index (χ1) is 7.77. The minimum absolute atomic E-state index is 0.916. The standard InChI is InChI=1S/C14H18N2/c1-12-8-9-14(16(12)2)11-15-10-13-6-4-3-5-7-13/h3-9,15H,10-11H2,1-2H3. The second-order valence-electron chi connectivity index (χ2n) is 4.11. The van der Waals surface area contributed by atoms with E-state index in [1.807, 2.05) is 6.07 Å². The largest absolute Gasteiger partial charge is 0.351 e. The van der Waals surface area contributed by atoms with Crippen LogP contribution in [0.4, 0.5) is 0 Å². The van der Waals surface area contributed by atoms with Crippen LogP contribution in [0.1, 0.15) is 17.0 Å². The van der Waals surface area contributed by atoms with Crippen molar-refractivity contribution in [2.45, 2.75) is 20.0 Å². The summed E-state index contributed by atoms with van der Waals surface area (Å²) >= 11 is 0. The molecule has 0 saturated carbocycles. The smallest absolute Gasteiger partial charge is 0.0362 e. The molecule has 0 saturated heterocycles. The highest BCUT2D eigenvalue weighted by molar-refractivity contribution is 5.16. The van der Waals surface area contributed by atoms with Gasteiger partial charge in [0.15, 0.2) is 0 Å². The fraction of sp³-hybridized carbons (Fsp3) is 0.286. The first-order valence-electron chi connectivity index (χ1n) is 5.63. The number of benzene rings is 1. The first kappa shape index (κ1) is 11.0. The molecule has 0 amide bonds. The summed E-state index contributed by atoms with van der Waals surface area (Å²) in [5, 5.41) is 3.45. The Balaban J connectivity index is 1.87. The van der Waals surface area contributed by atoms with Crippen LogP contribution in [0.3, 0.4) is 0 Å². The zero-order chi connectivity index (χ0) is 11.4. The third-order valence-electron chi connectivity index (χ3n) is 2.95. The Labute approximate surface area is 96.9 Å². The molecular formula is C14H18N2. The summed E-state index contributed by atoms with van der Waals surface area (Å²) in [5.74, 6) is 0. The quantitative estimate of drug-likeness (QED) is 0.828. The molecule has 84 valence electrons. The Morgan fingerprint density at radius 1 is 1.00 bits per heavy atom. The van der Waals surface area contributed by atoms with Gasteiger partial charge in [-0.3, -0.25) is 0 Å². The lowest BCUT2D eigenvalue weighted by molar-refractivity contribution is 0.651. The molecule has 0 aliphatic carbocycles. The molecule has 0 unspecified atom stereocenters. The highest BCUT2D eigenvalue weighted by Crippen LogP contribution is 2.05. The second kappa shape index (κ2) is 4.99. The summed E-state index contributed by atoms with van der Waals surface area (Å²) in [4.78, 5) is 0. The summed E-state index contributed by atoms with van der Waals surface area (Å²) in [7, 11) is 2.11. The molecule has 0 radical (unpaired) electrons. The lowest BCUT2D eigenvalue weighted by Crippen LogP contribution is -2.15. The fourth-order valence-corrected chi connectivity index (χ4v) is 1.78. The molecule has 0 aliphatic heterocycles. The van der Waals surface area contributed by atoms with Crippen molar-refractivity contribution in [2.75, 3.05) is 0 Å². The van der Waals surface area contributed by atoms with Crippen LogP contribution < -0.4 is 5.32 Å². The highest BCUT2D eigenvalue weighted by Gasteiger charge is 1.99. The van der Waals surface area contributed by atoms with E-state index in [0.29, 0.717) is 0 Å². The van der Waals surface area contributed by atoms with E-state index in [-0.39, 0.29) is 0 Å². The van der Waals surface area contributed by atoms with E-state index >= 15 is 0 Å². The van der Waals surface area contributed by atoms with Gasteiger partial charge in [-0.25, -0.2) is 0 Å². The zero-order valence-corrected chi connectivity index (χ0v) is 9.90. The maximum Gasteiger partial charge on any atom is 0.0362 e. The average molecular weight is 214 g/mol. The van der Waals surface area contributed by atoms with Crippen molar-refractivity contribution in [3.63, 3.8) is 0 Å². The summed E-state index contributed by atoms with van der Waals surface area (Å²) < 4.78 is 2.22. The third kappa shape index (κ3) is 2.52. The summed E-state index contributed by atoms with van der Waals surface area (Å²) in [6.07, 6.45) is 0. The summed E-state index contributed by atoms with van der Waals surface area (Å²) in [6, 6.07) is 14.8. The first-order valence-corrected chi connectivity index (χ1v) is 5.63. The Bertz CT molecular complexity index is 443. The van der Waals surface area contributed by atoms with Crippen molar-refractivity contribution in [1.29, 1.82) is 0 Å². The maximum absolute atomic E-state index is 3.45. The van der Waals surface area contributed by atoms with E-state index in [9.17, 15) is 0 Å². The molecule has 2 aromatic rings. The van der Waals surface area contributed by atoms with E-state index in [2.05, 4.69) is 60.3 Å². The van der Waals surface area contributed by atoms with Crippen LogP contribution in [-0.2, 0) is 20.1 Å². The molecule has 1 heterocycles. The van der Waals surface area contributed by atoms with Crippen LogP contribution in [-0.4, -0.2) is 4.57 Å². The SMILES string of the molecule is Cc1ccc(CNCc2ccccc2)n1C. The van der Waals surface area contributed by atoms with Crippen molar-refractivity contribution in [2.24, 2.45) is 7.05 Å². The van der Waals surface area contributed by atoms with Gasteiger partial charge in [-0.2, -0.15) is 0 Å². The Hall–Kier alpha value is -1.54. The van der Waals surface area contributed by atoms with Crippen LogP contribution >= 0.6 is 0 Å². The molecule has 2 rings (SSSR count). The zero-order valence-electron chi connectivity index (χ0n) is 9.90. The number of hydrogen-bond donors (Lipinski definition) is 1. The Morgan fingerprint density at radius 3 is 2.38 bits per heavy atom. The number of rotatable bonds is 4. The van der Waals surface area contributed by atoms with E-state index in [0.717, 1.165) is 13.1 Å². The van der Waals surface area contributed by atoms with Crippen molar-refractivity contribution in [3.05, 3.63) is 59.4 Å². The van der Waals surface area contributed by atoms with E-state index in [4.69, 9.17) is 0 Å². The van der Waals surface area contributed by atoms with Gasteiger partial charge < -0.3 is 9.88 Å². The molecule has 2 nitrogen and oxygen atoms in total. The Morgan fingerprint density at radius 2 is 1.75 bits per heavy atom. The fourth-order valence-electron chi connectivity index (χ4n) is 1.78. The predicted octanol–water partition coefficient (Wildman–Crippen LogP) is 2.62. The summed E-state index contributed by atoms with van der Waals surface area (Å²) in [5.41, 5.74) is 3.96. The molecule has 0 spiro atoms. The van der Waals surface area contributed by atoms with Gasteiger partial charge >= 0.3 is 0 Å². The minimum Gasteiger partial charge on any atom is -0.351 e. The number of hydrogen-bond acceptors (Lipinski definition) is 1. The van der Waals surface area contributed by atoms with Gasteiger partial charge in [0.05, 0.1) is 0 Å². The van der Waals surface area contributed by atoms with E-state index in [1.165, 1.54) is 17.0 Å². The van der Waals surface area contributed by atoms with Crippen LogP contribution in [0.5, 0.6) is 0 Å². The molecule has 1 aromatic heterocycles. The number of aryl methyl sites for hydroxylation is 1. The average Bonchev–Trinajstić information content (AvgIpc) is 2.62. The number of nitrogens with zero attached hydrogens (tertiary/aromatic N) is 1. The predicted molar refractivity (Wildman–Crippen MR) is 67.1 cm³/mol. The molecule has 1 N–H and O–H groups in total. The van der Waals surface area contributed by atoms with E-state index in [1.54, 1.807) is 0 Å². The van der Waals surface area contributed by atoms with E-state index < -0.39 is 0 Å². The van der Waals surface area contributed by atoms with Gasteiger partial charge in [-0.05, 0) is 24.6 Å². The van der Waals surface area contributed by atoms with Crippen LogP contribution in [0.2, 0.25) is 0 Å². The minimum atomic E-state index is 0.916. The van der Waals surface area contributed by atoms with Gasteiger partial charge in [0.1, 0.15) is 0 Å². The highest BCUT2D eigenvalue weighted by atomic mass is 15.0. The molecule has 2 heteroatoms. The normalized spacial score (nSPS) is 10.6. The molecule has 1 aromatic carbocycles. The van der Waals surface area contributed by atoms with Gasteiger partial charge in [-0.15, -0.1) is 0 Å². The lowest BCUT2D eigenvalue weighted by atomic mass is 10.2. The molecule has 0 aliphatic rings. The molecule has 0 atom stereocenters. The van der Waals surface area contributed by atoms with Crippen molar-refractivity contribution in [1.82, 2.24) is 9.88 Å². The van der Waals surface area contributed by atoms with Crippen LogP contribution in [0.25, 0.3) is 0 Å². The van der Waals surface area contributed by atoms with Crippen molar-refractivity contribution >= 4 is 0 Å². The lowest BCUT2D eigenvalue weighted by Gasteiger charge is -2.07. The monoisotopic (exact) mass is 214 g/mol. The van der Waals surface area contributed by atoms with Crippen LogP contribution in [0, 0.1) is 6.92 Å². The second-order valence-corrected chi connectivity index (χ2v) is 4.11. The number of nitrogens with one attached hydrogen (secondary N) is 1. The van der Waals surface area contributed by atoms with Gasteiger partial charge in [0.25, 0.3) is 0 Å². The number of aromatic nitrogens is 1. The van der Waals surface area contributed by atoms with Crippen molar-refractivity contribution < 1.29 is 0 Å². The molecule has 0 bridgehead atoms. The van der Waals surface area contributed by atoms with Gasteiger partial charge in [0.2, 0.25) is 0 Å². The molecule has 0 fully saturated rings.